The molecule has 5 rings (SSSR count). The summed E-state index contributed by atoms with van der Waals surface area (Å²) in [7, 11) is 0. The Morgan fingerprint density at radius 3 is 2.00 bits per heavy atom. The van der Waals surface area contributed by atoms with Crippen LogP contribution >= 0.6 is 0 Å². The number of benzene rings is 2. The Kier molecular flexibility index (Phi) is 6.26. The van der Waals surface area contributed by atoms with Crippen molar-refractivity contribution in [2.24, 2.45) is 11.8 Å². The lowest BCUT2D eigenvalue weighted by Crippen LogP contribution is -2.58. The maximum Gasteiger partial charge on any atom is 0.407 e. The van der Waals surface area contributed by atoms with Gasteiger partial charge in [0.1, 0.15) is 12.6 Å². The van der Waals surface area contributed by atoms with Crippen LogP contribution < -0.4 is 10.6 Å². The minimum Gasteiger partial charge on any atom is -0.481 e. The number of nitrogens with one attached hydrogen (secondary N) is 2. The number of rotatable bonds is 10. The summed E-state index contributed by atoms with van der Waals surface area (Å²) in [5.74, 6) is -0.837. The monoisotopic (exact) mass is 476 g/mol. The number of fused-ring (bicyclic) bond motifs is 3. The lowest BCUT2D eigenvalue weighted by molar-refractivity contribution is -0.140. The molecule has 2 fully saturated rings. The molecule has 0 radical (unpaired) electrons. The molecule has 7 heteroatoms. The van der Waals surface area contributed by atoms with Gasteiger partial charge in [-0.1, -0.05) is 55.5 Å². The van der Waals surface area contributed by atoms with Gasteiger partial charge in [-0.25, -0.2) is 4.79 Å². The van der Waals surface area contributed by atoms with E-state index in [0.29, 0.717) is 11.8 Å². The maximum atomic E-state index is 13.2. The normalized spacial score (nSPS) is 17.7. The molecule has 0 spiro atoms. The van der Waals surface area contributed by atoms with E-state index in [0.717, 1.165) is 54.4 Å². The summed E-state index contributed by atoms with van der Waals surface area (Å²) in [6.45, 7) is 2.17. The van der Waals surface area contributed by atoms with Crippen molar-refractivity contribution in [2.45, 2.75) is 62.9 Å². The minimum absolute atomic E-state index is 0.102. The van der Waals surface area contributed by atoms with Crippen molar-refractivity contribution in [1.29, 1.82) is 0 Å². The van der Waals surface area contributed by atoms with E-state index in [4.69, 9.17) is 4.74 Å². The number of alkyl carbamates (subject to hydrolysis) is 1. The van der Waals surface area contributed by atoms with Crippen molar-refractivity contribution in [3.05, 3.63) is 59.7 Å². The molecule has 0 bridgehead atoms. The van der Waals surface area contributed by atoms with Crippen LogP contribution in [0.25, 0.3) is 11.1 Å². The van der Waals surface area contributed by atoms with Gasteiger partial charge >= 0.3 is 12.1 Å². The molecule has 2 saturated carbocycles. The molecule has 3 N–H and O–H groups in total. The quantitative estimate of drug-likeness (QED) is 0.470. The van der Waals surface area contributed by atoms with Crippen LogP contribution in [0.3, 0.4) is 0 Å². The van der Waals surface area contributed by atoms with Crippen LogP contribution in [0, 0.1) is 11.8 Å². The van der Waals surface area contributed by atoms with Crippen LogP contribution in [0.5, 0.6) is 0 Å². The molecule has 1 atom stereocenters. The number of amides is 2. The highest BCUT2D eigenvalue weighted by Gasteiger charge is 2.54. The summed E-state index contributed by atoms with van der Waals surface area (Å²) >= 11 is 0. The van der Waals surface area contributed by atoms with Crippen molar-refractivity contribution >= 4 is 18.0 Å². The van der Waals surface area contributed by atoms with Crippen molar-refractivity contribution in [3.8, 4) is 11.1 Å². The summed E-state index contributed by atoms with van der Waals surface area (Å²) in [5.41, 5.74) is 4.12. The molecule has 7 nitrogen and oxygen atoms in total. The topological polar surface area (TPSA) is 105 Å². The van der Waals surface area contributed by atoms with E-state index < -0.39 is 30.4 Å². The summed E-state index contributed by atoms with van der Waals surface area (Å²) in [5, 5.41) is 15.1. The fourth-order valence-corrected chi connectivity index (χ4v) is 5.88. The van der Waals surface area contributed by atoms with Gasteiger partial charge in [-0.2, -0.15) is 0 Å². The zero-order valence-electron chi connectivity index (χ0n) is 20.0. The molecule has 2 aromatic rings. The first kappa shape index (κ1) is 23.4. The Bertz CT molecular complexity index is 1080. The minimum atomic E-state index is -1.19. The maximum absolute atomic E-state index is 13.2. The first-order valence-corrected chi connectivity index (χ1v) is 12.6. The highest BCUT2D eigenvalue weighted by atomic mass is 16.5. The molecule has 2 amide bonds. The molecule has 2 aromatic carbocycles. The Labute approximate surface area is 205 Å². The van der Waals surface area contributed by atoms with Gasteiger partial charge in [-0.15, -0.1) is 0 Å². The van der Waals surface area contributed by atoms with E-state index in [1.54, 1.807) is 0 Å². The predicted octanol–water partition coefficient (Wildman–Crippen LogP) is 4.45. The number of hydrogen-bond acceptors (Lipinski definition) is 4. The Balaban J connectivity index is 1.26. The van der Waals surface area contributed by atoms with E-state index in [1.807, 2.05) is 36.4 Å². The molecular formula is C28H32N2O5. The molecule has 0 heterocycles. The number of aliphatic carboxylic acids is 1. The van der Waals surface area contributed by atoms with Gasteiger partial charge in [0.15, 0.2) is 0 Å². The fourth-order valence-electron chi connectivity index (χ4n) is 5.88. The molecule has 184 valence electrons. The van der Waals surface area contributed by atoms with E-state index in [1.165, 1.54) is 0 Å². The average molecular weight is 477 g/mol. The van der Waals surface area contributed by atoms with Crippen molar-refractivity contribution < 1.29 is 24.2 Å². The number of ether oxygens (including phenoxy) is 1. The zero-order chi connectivity index (χ0) is 24.6. The summed E-state index contributed by atoms with van der Waals surface area (Å²) in [6.07, 6.45) is 3.84. The molecule has 3 aliphatic carbocycles. The van der Waals surface area contributed by atoms with Crippen LogP contribution in [0.4, 0.5) is 4.79 Å². The van der Waals surface area contributed by atoms with Gasteiger partial charge in [0, 0.05) is 11.5 Å². The van der Waals surface area contributed by atoms with Gasteiger partial charge in [-0.3, -0.25) is 9.59 Å². The number of carbonyl (C=O) groups excluding carboxylic acids is 2. The Morgan fingerprint density at radius 1 is 0.971 bits per heavy atom. The largest absolute Gasteiger partial charge is 0.481 e. The fraction of sp³-hybridized carbons (Fsp3) is 0.464. The molecule has 0 aromatic heterocycles. The second-order valence-electron chi connectivity index (χ2n) is 10.1. The van der Waals surface area contributed by atoms with Crippen molar-refractivity contribution in [2.75, 3.05) is 6.61 Å². The van der Waals surface area contributed by atoms with E-state index in [-0.39, 0.29) is 18.1 Å². The Morgan fingerprint density at radius 2 is 1.51 bits per heavy atom. The number of carbonyl (C=O) groups is 3. The summed E-state index contributed by atoms with van der Waals surface area (Å²) in [4.78, 5) is 37.4. The first-order chi connectivity index (χ1) is 16.9. The SMILES string of the molecule is CCC(NC(=O)C(CC(=O)O)NC(=O)OCC1c2ccccc2-c2ccccc21)(C1CC1)C1CC1. The molecule has 35 heavy (non-hydrogen) atoms. The standard InChI is InChI=1S/C28H32N2O5/c1-2-28(17-11-12-17,18-13-14-18)30-26(33)24(15-25(31)32)29-27(34)35-16-23-21-9-5-3-7-19(21)20-8-4-6-10-22(20)23/h3-10,17-18,23-24H,2,11-16H2,1H3,(H,29,34)(H,30,33)(H,31,32). The molecule has 0 aliphatic heterocycles. The lowest BCUT2D eigenvalue weighted by Gasteiger charge is -2.36. The average Bonchev–Trinajstić information content (AvgIpc) is 3.77. The predicted molar refractivity (Wildman–Crippen MR) is 131 cm³/mol. The van der Waals surface area contributed by atoms with Crippen LogP contribution in [0.2, 0.25) is 0 Å². The van der Waals surface area contributed by atoms with Crippen LogP contribution in [-0.4, -0.2) is 41.3 Å². The zero-order valence-corrected chi connectivity index (χ0v) is 20.0. The van der Waals surface area contributed by atoms with Gasteiger partial charge in [0.25, 0.3) is 0 Å². The third-order valence-corrected chi connectivity index (χ3v) is 7.88. The van der Waals surface area contributed by atoms with Gasteiger partial charge in [0.05, 0.1) is 6.42 Å². The van der Waals surface area contributed by atoms with E-state index in [9.17, 15) is 19.5 Å². The second kappa shape index (κ2) is 9.36. The number of carboxylic acids is 1. The highest BCUT2D eigenvalue weighted by Crippen LogP contribution is 2.53. The smallest absolute Gasteiger partial charge is 0.407 e. The summed E-state index contributed by atoms with van der Waals surface area (Å²) in [6, 6.07) is 14.9. The third kappa shape index (κ3) is 4.64. The highest BCUT2D eigenvalue weighted by molar-refractivity contribution is 5.90. The van der Waals surface area contributed by atoms with Gasteiger partial charge in [0.2, 0.25) is 5.91 Å². The summed E-state index contributed by atoms with van der Waals surface area (Å²) < 4.78 is 5.55. The van der Waals surface area contributed by atoms with Crippen LogP contribution in [0.1, 0.15) is 62.5 Å². The van der Waals surface area contributed by atoms with E-state index >= 15 is 0 Å². The van der Waals surface area contributed by atoms with E-state index in [2.05, 4.69) is 29.7 Å². The lowest BCUT2D eigenvalue weighted by atomic mass is 9.84. The van der Waals surface area contributed by atoms with Crippen LogP contribution in [-0.2, 0) is 14.3 Å². The molecule has 1 unspecified atom stereocenters. The first-order valence-electron chi connectivity index (χ1n) is 12.6. The number of hydrogen-bond donors (Lipinski definition) is 3. The molecular weight excluding hydrogens is 444 g/mol. The van der Waals surface area contributed by atoms with Crippen molar-refractivity contribution in [3.63, 3.8) is 0 Å². The molecule has 3 aliphatic rings. The van der Waals surface area contributed by atoms with Gasteiger partial charge in [-0.05, 0) is 66.2 Å². The number of carboxylic acid groups (broad SMARTS) is 1. The Hall–Kier alpha value is -3.35. The second-order valence-corrected chi connectivity index (χ2v) is 10.1. The van der Waals surface area contributed by atoms with Gasteiger partial charge < -0.3 is 20.5 Å². The third-order valence-electron chi connectivity index (χ3n) is 7.88. The van der Waals surface area contributed by atoms with Crippen LogP contribution in [0.15, 0.2) is 48.5 Å². The molecule has 0 saturated heterocycles. The van der Waals surface area contributed by atoms with Crippen molar-refractivity contribution in [1.82, 2.24) is 10.6 Å².